The van der Waals surface area contributed by atoms with Crippen LogP contribution in [0.25, 0.3) is 10.9 Å². The van der Waals surface area contributed by atoms with Gasteiger partial charge in [-0.3, -0.25) is 9.47 Å². The fraction of sp³-hybridized carbons (Fsp3) is 0.286. The maximum atomic E-state index is 12.5. The first-order valence-electron chi connectivity index (χ1n) is 12.0. The molecule has 0 saturated carbocycles. The van der Waals surface area contributed by atoms with Gasteiger partial charge in [0, 0.05) is 38.1 Å². The van der Waals surface area contributed by atoms with E-state index in [9.17, 15) is 4.79 Å². The summed E-state index contributed by atoms with van der Waals surface area (Å²) in [7, 11) is 0. The molecule has 1 aromatic heterocycles. The summed E-state index contributed by atoms with van der Waals surface area (Å²) in [4.78, 5) is 21.6. The van der Waals surface area contributed by atoms with Gasteiger partial charge in [-0.1, -0.05) is 72.8 Å². The number of hydrogen-bond acceptors (Lipinski definition) is 5. The molecule has 0 bridgehead atoms. The predicted molar refractivity (Wildman–Crippen MR) is 138 cm³/mol. The van der Waals surface area contributed by atoms with E-state index in [2.05, 4.69) is 75.4 Å². The van der Waals surface area contributed by atoms with Crippen LogP contribution in [0, 0.1) is 0 Å². The molecule has 2 heterocycles. The van der Waals surface area contributed by atoms with Gasteiger partial charge in [-0.2, -0.15) is 4.98 Å². The molecule has 1 aliphatic rings. The number of hydrogen-bond donors (Lipinski definition) is 1. The van der Waals surface area contributed by atoms with Crippen LogP contribution in [0.2, 0.25) is 0 Å². The molecule has 6 heteroatoms. The predicted octanol–water partition coefficient (Wildman–Crippen LogP) is 3.78. The minimum Gasteiger partial charge on any atom is -0.383 e. The molecule has 0 radical (unpaired) electrons. The Hall–Kier alpha value is -3.48. The third kappa shape index (κ3) is 4.74. The van der Waals surface area contributed by atoms with Crippen molar-refractivity contribution in [2.45, 2.75) is 19.0 Å². The first kappa shape index (κ1) is 22.3. The van der Waals surface area contributed by atoms with Crippen molar-refractivity contribution in [2.24, 2.45) is 0 Å². The highest BCUT2D eigenvalue weighted by Gasteiger charge is 2.26. The first-order valence-corrected chi connectivity index (χ1v) is 12.0. The van der Waals surface area contributed by atoms with E-state index >= 15 is 0 Å². The van der Waals surface area contributed by atoms with Crippen molar-refractivity contribution in [1.29, 1.82) is 0 Å². The van der Waals surface area contributed by atoms with Gasteiger partial charge in [-0.05, 0) is 36.2 Å². The lowest BCUT2D eigenvalue weighted by Gasteiger charge is -2.40. The molecule has 0 amide bonds. The van der Waals surface area contributed by atoms with Crippen LogP contribution < -0.4 is 11.4 Å². The van der Waals surface area contributed by atoms with Crippen LogP contribution in [-0.2, 0) is 6.54 Å². The van der Waals surface area contributed by atoms with Gasteiger partial charge in [0.15, 0.2) is 0 Å². The molecular weight excluding hydrogens is 422 g/mol. The Morgan fingerprint density at radius 3 is 2.00 bits per heavy atom. The van der Waals surface area contributed by atoms with Crippen LogP contribution in [0.1, 0.15) is 23.6 Å². The highest BCUT2D eigenvalue weighted by Crippen LogP contribution is 2.29. The molecule has 6 nitrogen and oxygen atoms in total. The lowest BCUT2D eigenvalue weighted by Crippen LogP contribution is -2.48. The maximum Gasteiger partial charge on any atom is 0.349 e. The second-order valence-corrected chi connectivity index (χ2v) is 8.90. The molecule has 0 atom stereocenters. The molecular formula is C28H31N5O. The minimum atomic E-state index is -0.269. The van der Waals surface area contributed by atoms with E-state index in [0.29, 0.717) is 12.4 Å². The molecule has 1 fully saturated rings. The Labute approximate surface area is 200 Å². The number of para-hydroxylation sites is 1. The summed E-state index contributed by atoms with van der Waals surface area (Å²) in [6, 6.07) is 29.6. The van der Waals surface area contributed by atoms with E-state index in [1.54, 1.807) is 4.57 Å². The second-order valence-electron chi connectivity index (χ2n) is 8.90. The standard InChI is InChI=1S/C28H31N5O/c29-27-24-14-7-8-15-25(24)33(28(34)30-27)17-9-16-31-18-20-32(21-19-31)26(22-10-3-1-4-11-22)23-12-5-2-6-13-23/h1-8,10-15,26H,9,16-21H2,(H2,29,30,34). The molecule has 0 spiro atoms. The van der Waals surface area contributed by atoms with Crippen molar-refractivity contribution in [3.8, 4) is 0 Å². The van der Waals surface area contributed by atoms with Crippen LogP contribution in [-0.4, -0.2) is 52.1 Å². The number of anilines is 1. The Morgan fingerprint density at radius 1 is 0.765 bits per heavy atom. The zero-order chi connectivity index (χ0) is 23.3. The summed E-state index contributed by atoms with van der Waals surface area (Å²) in [6.45, 7) is 5.67. The average molecular weight is 454 g/mol. The van der Waals surface area contributed by atoms with Crippen molar-refractivity contribution in [3.05, 3.63) is 107 Å². The maximum absolute atomic E-state index is 12.5. The molecule has 3 aromatic carbocycles. The molecule has 5 rings (SSSR count). The van der Waals surface area contributed by atoms with Crippen molar-refractivity contribution in [3.63, 3.8) is 0 Å². The average Bonchev–Trinajstić information content (AvgIpc) is 2.88. The van der Waals surface area contributed by atoms with E-state index in [4.69, 9.17) is 5.73 Å². The number of fused-ring (bicyclic) bond motifs is 1. The van der Waals surface area contributed by atoms with Crippen LogP contribution in [0.15, 0.2) is 89.7 Å². The third-order valence-electron chi connectivity index (χ3n) is 6.78. The number of aryl methyl sites for hydroxylation is 1. The fourth-order valence-electron chi connectivity index (χ4n) is 5.05. The summed E-state index contributed by atoms with van der Waals surface area (Å²) in [6.07, 6.45) is 0.899. The largest absolute Gasteiger partial charge is 0.383 e. The van der Waals surface area contributed by atoms with Crippen LogP contribution in [0.3, 0.4) is 0 Å². The highest BCUT2D eigenvalue weighted by molar-refractivity contribution is 5.87. The quantitative estimate of drug-likeness (QED) is 0.461. The third-order valence-corrected chi connectivity index (χ3v) is 6.78. The highest BCUT2D eigenvalue weighted by atomic mass is 16.1. The van der Waals surface area contributed by atoms with Crippen molar-refractivity contribution < 1.29 is 0 Å². The summed E-state index contributed by atoms with van der Waals surface area (Å²) in [5.74, 6) is 0.305. The van der Waals surface area contributed by atoms with Gasteiger partial charge in [0.1, 0.15) is 5.82 Å². The van der Waals surface area contributed by atoms with Crippen molar-refractivity contribution in [2.75, 3.05) is 38.5 Å². The molecule has 4 aromatic rings. The molecule has 1 saturated heterocycles. The second kappa shape index (κ2) is 10.2. The van der Waals surface area contributed by atoms with Crippen LogP contribution in [0.5, 0.6) is 0 Å². The number of benzene rings is 3. The molecule has 0 unspecified atom stereocenters. The molecule has 2 N–H and O–H groups in total. The van der Waals surface area contributed by atoms with E-state index in [1.165, 1.54) is 11.1 Å². The number of nitrogen functional groups attached to an aromatic ring is 1. The zero-order valence-electron chi connectivity index (χ0n) is 19.4. The van der Waals surface area contributed by atoms with Gasteiger partial charge >= 0.3 is 5.69 Å². The summed E-state index contributed by atoms with van der Waals surface area (Å²) >= 11 is 0. The Balaban J connectivity index is 1.22. The number of piperazine rings is 1. The SMILES string of the molecule is Nc1nc(=O)n(CCCN2CCN(C(c3ccccc3)c3ccccc3)CC2)c2ccccc12. The van der Waals surface area contributed by atoms with Crippen LogP contribution >= 0.6 is 0 Å². The normalized spacial score (nSPS) is 15.2. The number of nitrogens with two attached hydrogens (primary N) is 1. The van der Waals surface area contributed by atoms with Gasteiger partial charge in [-0.25, -0.2) is 4.79 Å². The van der Waals surface area contributed by atoms with Gasteiger partial charge in [-0.15, -0.1) is 0 Å². The smallest absolute Gasteiger partial charge is 0.349 e. The number of aromatic nitrogens is 2. The molecule has 0 aliphatic carbocycles. The van der Waals surface area contributed by atoms with E-state index in [0.717, 1.165) is 50.0 Å². The van der Waals surface area contributed by atoms with Gasteiger partial charge in [0.05, 0.1) is 11.6 Å². The monoisotopic (exact) mass is 453 g/mol. The Bertz CT molecular complexity index is 1240. The fourth-order valence-corrected chi connectivity index (χ4v) is 5.05. The molecule has 174 valence electrons. The summed E-state index contributed by atoms with van der Waals surface area (Å²) in [5.41, 5.74) is 9.22. The van der Waals surface area contributed by atoms with Crippen molar-refractivity contribution >= 4 is 16.7 Å². The zero-order valence-corrected chi connectivity index (χ0v) is 19.4. The van der Waals surface area contributed by atoms with E-state index < -0.39 is 0 Å². The Kier molecular flexibility index (Phi) is 6.70. The lowest BCUT2D eigenvalue weighted by molar-refractivity contribution is 0.108. The van der Waals surface area contributed by atoms with Crippen LogP contribution in [0.4, 0.5) is 5.82 Å². The number of rotatable bonds is 7. The van der Waals surface area contributed by atoms with Gasteiger partial charge in [0.25, 0.3) is 0 Å². The van der Waals surface area contributed by atoms with E-state index in [-0.39, 0.29) is 11.7 Å². The van der Waals surface area contributed by atoms with Crippen molar-refractivity contribution in [1.82, 2.24) is 19.4 Å². The summed E-state index contributed by atoms with van der Waals surface area (Å²) in [5, 5.41) is 0.837. The van der Waals surface area contributed by atoms with Gasteiger partial charge < -0.3 is 10.6 Å². The van der Waals surface area contributed by atoms with Gasteiger partial charge in [0.2, 0.25) is 0 Å². The van der Waals surface area contributed by atoms with E-state index in [1.807, 2.05) is 24.3 Å². The number of nitrogens with zero attached hydrogens (tertiary/aromatic N) is 4. The lowest BCUT2D eigenvalue weighted by atomic mass is 9.96. The first-order chi connectivity index (χ1) is 16.7. The topological polar surface area (TPSA) is 67.4 Å². The minimum absolute atomic E-state index is 0.269. The molecule has 1 aliphatic heterocycles. The molecule has 34 heavy (non-hydrogen) atoms. The Morgan fingerprint density at radius 2 is 1.35 bits per heavy atom. The summed E-state index contributed by atoms with van der Waals surface area (Å²) < 4.78 is 1.75.